The quantitative estimate of drug-likeness (QED) is 0.573. The third kappa shape index (κ3) is 5.12. The van der Waals surface area contributed by atoms with Crippen LogP contribution in [-0.4, -0.2) is 25.0 Å². The summed E-state index contributed by atoms with van der Waals surface area (Å²) in [6, 6.07) is 12.0. The molecular weight excluding hydrogens is 430 g/mol. The van der Waals surface area contributed by atoms with E-state index in [2.05, 4.69) is 31.3 Å². The fourth-order valence-electron chi connectivity index (χ4n) is 2.54. The molecule has 8 heteroatoms. The second-order valence-corrected chi connectivity index (χ2v) is 7.38. The molecule has 1 aliphatic rings. The zero-order valence-corrected chi connectivity index (χ0v) is 16.9. The molecule has 140 valence electrons. The van der Waals surface area contributed by atoms with Gasteiger partial charge in [0.05, 0.1) is 24.5 Å². The lowest BCUT2D eigenvalue weighted by Crippen LogP contribution is -2.28. The lowest BCUT2D eigenvalue weighted by atomic mass is 10.0. The molecule has 0 saturated heterocycles. The number of ether oxygens (including phenoxy) is 1. The molecule has 0 aliphatic carbocycles. The van der Waals surface area contributed by atoms with Gasteiger partial charge in [-0.25, -0.2) is 9.52 Å². The molecule has 0 bridgehead atoms. The van der Waals surface area contributed by atoms with Gasteiger partial charge in [-0.05, 0) is 51.2 Å². The Kier molecular flexibility index (Phi) is 6.54. The molecule has 0 spiro atoms. The lowest BCUT2D eigenvalue weighted by Gasteiger charge is -2.14. The van der Waals surface area contributed by atoms with Gasteiger partial charge in [0, 0.05) is 10.9 Å². The minimum absolute atomic E-state index is 0.0747. The first-order valence-corrected chi connectivity index (χ1v) is 9.84. The summed E-state index contributed by atoms with van der Waals surface area (Å²) in [6.45, 7) is 0. The van der Waals surface area contributed by atoms with Crippen LogP contribution in [0.2, 0.25) is 0 Å². The molecule has 1 heterocycles. The van der Waals surface area contributed by atoms with E-state index >= 15 is 0 Å². The number of carbonyl (C=O) groups is 2. The monoisotopic (exact) mass is 447 g/mol. The molecule has 0 aromatic heterocycles. The Bertz CT molecular complexity index is 888. The summed E-state index contributed by atoms with van der Waals surface area (Å²) in [6.07, 6.45) is 2.12. The van der Waals surface area contributed by atoms with Gasteiger partial charge in [0.25, 0.3) is 0 Å². The van der Waals surface area contributed by atoms with Crippen molar-refractivity contribution in [3.8, 4) is 5.75 Å². The third-order valence-corrected chi connectivity index (χ3v) is 5.27. The minimum Gasteiger partial charge on any atom is -0.495 e. The van der Waals surface area contributed by atoms with E-state index in [0.29, 0.717) is 17.1 Å². The molecule has 3 N–H and O–H groups in total. The van der Waals surface area contributed by atoms with Crippen molar-refractivity contribution in [3.63, 3.8) is 0 Å². The first-order chi connectivity index (χ1) is 13.1. The van der Waals surface area contributed by atoms with Crippen LogP contribution in [0, 0.1) is 0 Å². The largest absolute Gasteiger partial charge is 0.495 e. The smallest absolute Gasteiger partial charge is 0.323 e. The van der Waals surface area contributed by atoms with Crippen LogP contribution in [0.5, 0.6) is 5.75 Å². The highest BCUT2D eigenvalue weighted by Crippen LogP contribution is 2.27. The zero-order chi connectivity index (χ0) is 19.2. The normalized spacial score (nSPS) is 15.4. The summed E-state index contributed by atoms with van der Waals surface area (Å²) in [7, 11) is 1.52. The number of anilines is 2. The molecule has 1 atom stereocenters. The third-order valence-electron chi connectivity index (χ3n) is 3.90. The first-order valence-electron chi connectivity index (χ1n) is 8.17. The van der Waals surface area contributed by atoms with E-state index in [0.717, 1.165) is 10.0 Å². The highest BCUT2D eigenvalue weighted by molar-refractivity contribution is 9.10. The van der Waals surface area contributed by atoms with Crippen LogP contribution in [0.25, 0.3) is 0 Å². The second-order valence-electron chi connectivity index (χ2n) is 5.78. The van der Waals surface area contributed by atoms with E-state index in [1.807, 2.05) is 29.7 Å². The van der Waals surface area contributed by atoms with Gasteiger partial charge in [0.2, 0.25) is 0 Å². The van der Waals surface area contributed by atoms with Crippen LogP contribution >= 0.6 is 27.9 Å². The molecule has 1 aliphatic heterocycles. The maximum absolute atomic E-state index is 12.3. The van der Waals surface area contributed by atoms with Crippen molar-refractivity contribution < 1.29 is 14.3 Å². The number of nitrogens with one attached hydrogen (secondary N) is 3. The number of amides is 2. The van der Waals surface area contributed by atoms with Gasteiger partial charge in [0.15, 0.2) is 5.78 Å². The Labute approximate surface area is 170 Å². The van der Waals surface area contributed by atoms with Gasteiger partial charge >= 0.3 is 6.03 Å². The molecule has 3 rings (SSSR count). The van der Waals surface area contributed by atoms with Crippen LogP contribution in [0.1, 0.15) is 5.56 Å². The van der Waals surface area contributed by atoms with E-state index in [4.69, 9.17) is 4.74 Å². The topological polar surface area (TPSA) is 79.5 Å². The summed E-state index contributed by atoms with van der Waals surface area (Å²) >= 11 is 4.79. The number of urea groups is 1. The van der Waals surface area contributed by atoms with Crippen LogP contribution in [0.3, 0.4) is 0 Å². The number of hydrogen-bond donors (Lipinski definition) is 3. The van der Waals surface area contributed by atoms with Crippen LogP contribution in [0.15, 0.2) is 58.4 Å². The predicted octanol–water partition coefficient (Wildman–Crippen LogP) is 4.35. The van der Waals surface area contributed by atoms with Crippen LogP contribution < -0.4 is 20.1 Å². The second kappa shape index (κ2) is 9.07. The van der Waals surface area contributed by atoms with Gasteiger partial charge in [-0.15, -0.1) is 0 Å². The standard InChI is InChI=1S/C19H18BrN3O3S/c1-26-18-11-12(10-17(24)15-8-9-27-23-15)6-7-16(18)22-19(25)21-14-5-3-2-4-13(14)20/h2-9,11,15,23H,10H2,1H3,(H2,21,22,25). The maximum atomic E-state index is 12.3. The predicted molar refractivity (Wildman–Crippen MR) is 112 cm³/mol. The number of benzene rings is 2. The average Bonchev–Trinajstić information content (AvgIpc) is 3.20. The Morgan fingerprint density at radius 3 is 2.67 bits per heavy atom. The Morgan fingerprint density at radius 1 is 1.19 bits per heavy atom. The first kappa shape index (κ1) is 19.5. The number of Topliss-reactive ketones (excluding diaryl/α,β-unsaturated/α-hetero) is 1. The highest BCUT2D eigenvalue weighted by atomic mass is 79.9. The zero-order valence-electron chi connectivity index (χ0n) is 14.5. The molecule has 1 unspecified atom stereocenters. The maximum Gasteiger partial charge on any atom is 0.323 e. The van der Waals surface area contributed by atoms with Crippen molar-refractivity contribution in [1.82, 2.24) is 4.72 Å². The fraction of sp³-hybridized carbons (Fsp3) is 0.158. The molecule has 2 aromatic carbocycles. The van der Waals surface area contributed by atoms with E-state index in [-0.39, 0.29) is 24.3 Å². The molecule has 0 fully saturated rings. The van der Waals surface area contributed by atoms with Crippen molar-refractivity contribution in [2.24, 2.45) is 0 Å². The van der Waals surface area contributed by atoms with Crippen molar-refractivity contribution >= 4 is 51.1 Å². The number of halogens is 1. The fourth-order valence-corrected chi connectivity index (χ4v) is 3.60. The van der Waals surface area contributed by atoms with Crippen molar-refractivity contribution in [2.45, 2.75) is 12.5 Å². The molecule has 0 saturated carbocycles. The lowest BCUT2D eigenvalue weighted by molar-refractivity contribution is -0.118. The van der Waals surface area contributed by atoms with Crippen LogP contribution in [-0.2, 0) is 11.2 Å². The van der Waals surface area contributed by atoms with E-state index < -0.39 is 0 Å². The number of para-hydroxylation sites is 1. The number of hydrogen-bond acceptors (Lipinski definition) is 5. The number of rotatable bonds is 6. The minimum atomic E-state index is -0.388. The van der Waals surface area contributed by atoms with Crippen molar-refractivity contribution in [2.75, 3.05) is 17.7 Å². The highest BCUT2D eigenvalue weighted by Gasteiger charge is 2.19. The Hall–Kier alpha value is -2.29. The van der Waals surface area contributed by atoms with E-state index in [9.17, 15) is 9.59 Å². The SMILES string of the molecule is COc1cc(CC(=O)C2C=CSN2)ccc1NC(=O)Nc1ccccc1Br. The summed E-state index contributed by atoms with van der Waals surface area (Å²) in [5.74, 6) is 0.567. The molecule has 2 amide bonds. The van der Waals surface area contributed by atoms with E-state index in [1.165, 1.54) is 19.1 Å². The van der Waals surface area contributed by atoms with Gasteiger partial charge in [-0.1, -0.05) is 36.2 Å². The van der Waals surface area contributed by atoms with E-state index in [1.54, 1.807) is 24.3 Å². The Morgan fingerprint density at radius 2 is 1.96 bits per heavy atom. The van der Waals surface area contributed by atoms with Crippen LogP contribution in [0.4, 0.5) is 16.2 Å². The number of methoxy groups -OCH3 is 1. The van der Waals surface area contributed by atoms with Gasteiger partial charge in [-0.3, -0.25) is 4.79 Å². The Balaban J connectivity index is 1.67. The molecule has 2 aromatic rings. The van der Waals surface area contributed by atoms with Crippen molar-refractivity contribution in [1.29, 1.82) is 0 Å². The number of carbonyl (C=O) groups excluding carboxylic acids is 2. The number of ketones is 1. The van der Waals surface area contributed by atoms with Gasteiger partial charge in [-0.2, -0.15) is 0 Å². The van der Waals surface area contributed by atoms with Gasteiger partial charge < -0.3 is 15.4 Å². The molecule has 0 radical (unpaired) electrons. The summed E-state index contributed by atoms with van der Waals surface area (Å²) in [5.41, 5.74) is 2.00. The summed E-state index contributed by atoms with van der Waals surface area (Å²) < 4.78 is 9.18. The van der Waals surface area contributed by atoms with Gasteiger partial charge in [0.1, 0.15) is 5.75 Å². The summed E-state index contributed by atoms with van der Waals surface area (Å²) in [5, 5.41) is 7.40. The average molecular weight is 448 g/mol. The molecular formula is C19H18BrN3O3S. The molecule has 27 heavy (non-hydrogen) atoms. The van der Waals surface area contributed by atoms with Crippen molar-refractivity contribution in [3.05, 3.63) is 64.0 Å². The summed E-state index contributed by atoms with van der Waals surface area (Å²) in [4.78, 5) is 24.5. The molecule has 6 nitrogen and oxygen atoms in total.